The van der Waals surface area contributed by atoms with Gasteiger partial charge in [-0.15, -0.1) is 5.10 Å². The highest BCUT2D eigenvalue weighted by atomic mass is 19.4. The van der Waals surface area contributed by atoms with E-state index in [9.17, 15) is 23.3 Å². The van der Waals surface area contributed by atoms with Crippen LogP contribution in [0.2, 0.25) is 0 Å². The van der Waals surface area contributed by atoms with Gasteiger partial charge in [0.1, 0.15) is 6.33 Å². The van der Waals surface area contributed by atoms with Crippen LogP contribution < -0.4 is 0 Å². The SMILES string of the molecule is Cc1cc(-n2cnc(-c3ccc(CC(F)(F)F)cc3)n2)ccc1[N+](=O)[O-]. The van der Waals surface area contributed by atoms with Crippen molar-refractivity contribution in [2.24, 2.45) is 0 Å². The number of aromatic nitrogens is 3. The zero-order chi connectivity index (χ0) is 18.9. The van der Waals surface area contributed by atoms with Gasteiger partial charge in [0.05, 0.1) is 17.0 Å². The van der Waals surface area contributed by atoms with Gasteiger partial charge in [-0.2, -0.15) is 13.2 Å². The zero-order valence-corrected chi connectivity index (χ0v) is 13.6. The Morgan fingerprint density at radius 1 is 1.15 bits per heavy atom. The summed E-state index contributed by atoms with van der Waals surface area (Å²) < 4.78 is 38.6. The Kier molecular flexibility index (Phi) is 4.45. The van der Waals surface area contributed by atoms with E-state index in [1.165, 1.54) is 41.3 Å². The van der Waals surface area contributed by atoms with E-state index in [2.05, 4.69) is 10.1 Å². The fraction of sp³-hybridized carbons (Fsp3) is 0.176. The molecule has 1 heterocycles. The fourth-order valence-electron chi connectivity index (χ4n) is 2.51. The molecule has 0 fully saturated rings. The molecule has 9 heteroatoms. The van der Waals surface area contributed by atoms with Crippen LogP contribution in [0.5, 0.6) is 0 Å². The fourth-order valence-corrected chi connectivity index (χ4v) is 2.51. The second-order valence-electron chi connectivity index (χ2n) is 5.73. The minimum atomic E-state index is -4.25. The maximum absolute atomic E-state index is 12.4. The van der Waals surface area contributed by atoms with E-state index >= 15 is 0 Å². The minimum Gasteiger partial charge on any atom is -0.258 e. The van der Waals surface area contributed by atoms with Crippen molar-refractivity contribution in [2.45, 2.75) is 19.5 Å². The molecule has 6 nitrogen and oxygen atoms in total. The number of hydrogen-bond acceptors (Lipinski definition) is 4. The number of nitro benzene ring substituents is 1. The van der Waals surface area contributed by atoms with Crippen molar-refractivity contribution >= 4 is 5.69 Å². The second kappa shape index (κ2) is 6.58. The van der Waals surface area contributed by atoms with E-state index in [0.29, 0.717) is 22.6 Å². The third kappa shape index (κ3) is 3.88. The van der Waals surface area contributed by atoms with Gasteiger partial charge in [-0.3, -0.25) is 10.1 Å². The number of benzene rings is 2. The smallest absolute Gasteiger partial charge is 0.258 e. The zero-order valence-electron chi connectivity index (χ0n) is 13.6. The maximum Gasteiger partial charge on any atom is 0.393 e. The molecule has 0 spiro atoms. The van der Waals surface area contributed by atoms with E-state index in [4.69, 9.17) is 0 Å². The van der Waals surface area contributed by atoms with Crippen LogP contribution >= 0.6 is 0 Å². The van der Waals surface area contributed by atoms with Crippen LogP contribution in [0.25, 0.3) is 17.1 Å². The lowest BCUT2D eigenvalue weighted by Crippen LogP contribution is -2.11. The highest BCUT2D eigenvalue weighted by molar-refractivity contribution is 5.55. The van der Waals surface area contributed by atoms with Gasteiger partial charge < -0.3 is 0 Å². The summed E-state index contributed by atoms with van der Waals surface area (Å²) in [5.74, 6) is 0.347. The van der Waals surface area contributed by atoms with E-state index < -0.39 is 17.5 Å². The van der Waals surface area contributed by atoms with Crippen molar-refractivity contribution in [3.8, 4) is 17.1 Å². The number of rotatable bonds is 4. The van der Waals surface area contributed by atoms with Crippen molar-refractivity contribution in [1.29, 1.82) is 0 Å². The van der Waals surface area contributed by atoms with Gasteiger partial charge in [0, 0.05) is 17.2 Å². The van der Waals surface area contributed by atoms with E-state index in [1.54, 1.807) is 19.1 Å². The van der Waals surface area contributed by atoms with Crippen LogP contribution in [-0.2, 0) is 6.42 Å². The van der Waals surface area contributed by atoms with Crippen molar-refractivity contribution in [3.63, 3.8) is 0 Å². The van der Waals surface area contributed by atoms with Gasteiger partial charge in [-0.25, -0.2) is 9.67 Å². The summed E-state index contributed by atoms with van der Waals surface area (Å²) in [7, 11) is 0. The summed E-state index contributed by atoms with van der Waals surface area (Å²) in [5, 5.41) is 15.2. The third-order valence-electron chi connectivity index (χ3n) is 3.75. The molecular weight excluding hydrogens is 349 g/mol. The number of halogens is 3. The first-order valence-electron chi connectivity index (χ1n) is 7.56. The third-order valence-corrected chi connectivity index (χ3v) is 3.75. The topological polar surface area (TPSA) is 73.8 Å². The summed E-state index contributed by atoms with van der Waals surface area (Å²) in [6, 6.07) is 10.4. The van der Waals surface area contributed by atoms with Crippen LogP contribution in [0.1, 0.15) is 11.1 Å². The Morgan fingerprint density at radius 3 is 2.42 bits per heavy atom. The average molecular weight is 362 g/mol. The van der Waals surface area contributed by atoms with Gasteiger partial charge in [0.2, 0.25) is 0 Å². The lowest BCUT2D eigenvalue weighted by atomic mass is 10.1. The number of hydrogen-bond donors (Lipinski definition) is 0. The predicted molar refractivity (Wildman–Crippen MR) is 87.9 cm³/mol. The first kappa shape index (κ1) is 17.6. The Bertz CT molecular complexity index is 949. The molecule has 0 bridgehead atoms. The molecule has 3 aromatic rings. The standard InChI is InChI=1S/C17H13F3N4O2/c1-11-8-14(6-7-15(11)24(25)26)23-10-21-16(22-23)13-4-2-12(3-5-13)9-17(18,19)20/h2-8,10H,9H2,1H3. The molecule has 1 aromatic heterocycles. The lowest BCUT2D eigenvalue weighted by molar-refractivity contribution is -0.385. The minimum absolute atomic E-state index is 0.00865. The number of alkyl halides is 3. The summed E-state index contributed by atoms with van der Waals surface area (Å²) in [6.45, 7) is 1.62. The molecule has 26 heavy (non-hydrogen) atoms. The number of nitro groups is 1. The molecular formula is C17H13F3N4O2. The molecule has 134 valence electrons. The maximum atomic E-state index is 12.4. The first-order chi connectivity index (χ1) is 12.2. The van der Waals surface area contributed by atoms with Gasteiger partial charge in [-0.05, 0) is 24.6 Å². The van der Waals surface area contributed by atoms with Crippen LogP contribution in [0, 0.1) is 17.0 Å². The van der Waals surface area contributed by atoms with E-state index in [-0.39, 0.29) is 11.3 Å². The summed E-state index contributed by atoms with van der Waals surface area (Å²) in [5.41, 5.74) is 1.83. The predicted octanol–water partition coefficient (Wildman–Crippen LogP) is 4.26. The molecule has 2 aromatic carbocycles. The van der Waals surface area contributed by atoms with Crippen molar-refractivity contribution in [2.75, 3.05) is 0 Å². The number of aryl methyl sites for hydroxylation is 1. The van der Waals surface area contributed by atoms with Gasteiger partial charge in [-0.1, -0.05) is 24.3 Å². The second-order valence-corrected chi connectivity index (χ2v) is 5.73. The Labute approximate surface area is 146 Å². The van der Waals surface area contributed by atoms with E-state index in [1.807, 2.05) is 0 Å². The summed E-state index contributed by atoms with van der Waals surface area (Å²) in [4.78, 5) is 14.6. The Morgan fingerprint density at radius 2 is 1.85 bits per heavy atom. The van der Waals surface area contributed by atoms with Gasteiger partial charge >= 0.3 is 6.18 Å². The van der Waals surface area contributed by atoms with Crippen LogP contribution in [0.15, 0.2) is 48.8 Å². The van der Waals surface area contributed by atoms with Gasteiger partial charge in [0.15, 0.2) is 5.82 Å². The van der Waals surface area contributed by atoms with Crippen molar-refractivity contribution in [3.05, 3.63) is 70.0 Å². The highest BCUT2D eigenvalue weighted by Gasteiger charge is 2.27. The van der Waals surface area contributed by atoms with Crippen molar-refractivity contribution in [1.82, 2.24) is 14.8 Å². The van der Waals surface area contributed by atoms with Crippen LogP contribution in [-0.4, -0.2) is 25.9 Å². The monoisotopic (exact) mass is 362 g/mol. The molecule has 0 N–H and O–H groups in total. The summed E-state index contributed by atoms with van der Waals surface area (Å²) >= 11 is 0. The molecule has 3 rings (SSSR count). The van der Waals surface area contributed by atoms with Crippen LogP contribution in [0.3, 0.4) is 0 Å². The molecule has 0 atom stereocenters. The quantitative estimate of drug-likeness (QED) is 0.514. The Balaban J connectivity index is 1.84. The highest BCUT2D eigenvalue weighted by Crippen LogP contribution is 2.24. The number of nitrogens with zero attached hydrogens (tertiary/aromatic N) is 4. The molecule has 0 radical (unpaired) electrons. The molecule has 0 aliphatic rings. The normalized spacial score (nSPS) is 11.5. The van der Waals surface area contributed by atoms with E-state index in [0.717, 1.165) is 0 Å². The average Bonchev–Trinajstić information content (AvgIpc) is 3.03. The molecule has 0 unspecified atom stereocenters. The largest absolute Gasteiger partial charge is 0.393 e. The van der Waals surface area contributed by atoms with Gasteiger partial charge in [0.25, 0.3) is 5.69 Å². The summed E-state index contributed by atoms with van der Waals surface area (Å²) in [6.07, 6.45) is -3.80. The first-order valence-corrected chi connectivity index (χ1v) is 7.56. The molecule has 0 aliphatic heterocycles. The van der Waals surface area contributed by atoms with Crippen LogP contribution in [0.4, 0.5) is 18.9 Å². The molecule has 0 saturated carbocycles. The van der Waals surface area contributed by atoms with Crippen molar-refractivity contribution < 1.29 is 18.1 Å². The lowest BCUT2D eigenvalue weighted by Gasteiger charge is -2.06. The molecule has 0 saturated heterocycles. The molecule has 0 amide bonds. The molecule has 0 aliphatic carbocycles. The Hall–Kier alpha value is -3.23.